The summed E-state index contributed by atoms with van der Waals surface area (Å²) in [6.07, 6.45) is 6.11. The van der Waals surface area contributed by atoms with Gasteiger partial charge in [0, 0.05) is 23.5 Å². The van der Waals surface area contributed by atoms with Gasteiger partial charge in [-0.1, -0.05) is 44.2 Å². The quantitative estimate of drug-likeness (QED) is 0.406. The van der Waals surface area contributed by atoms with Gasteiger partial charge in [0.15, 0.2) is 0 Å². The minimum Gasteiger partial charge on any atom is -0.256 e. The number of aryl methyl sites for hydroxylation is 3. The number of nitrogens with zero attached hydrogens (tertiary/aromatic N) is 2. The highest BCUT2D eigenvalue weighted by Gasteiger charge is 2.19. The van der Waals surface area contributed by atoms with Gasteiger partial charge in [-0.05, 0) is 76.9 Å². The van der Waals surface area contributed by atoms with E-state index in [1.165, 1.54) is 44.2 Å². The summed E-state index contributed by atoms with van der Waals surface area (Å²) in [5.41, 5.74) is 9.84. The molecule has 1 aliphatic carbocycles. The van der Waals surface area contributed by atoms with E-state index in [9.17, 15) is 0 Å². The highest BCUT2D eigenvalue weighted by atomic mass is 14.7. The molecule has 0 N–H and O–H groups in total. The molecule has 2 heterocycles. The molecule has 0 unspecified atom stereocenters. The van der Waals surface area contributed by atoms with E-state index in [0.717, 1.165) is 24.2 Å². The Morgan fingerprint density at radius 1 is 0.857 bits per heavy atom. The van der Waals surface area contributed by atoms with E-state index >= 15 is 0 Å². The predicted molar refractivity (Wildman–Crippen MR) is 117 cm³/mol. The second-order valence-corrected chi connectivity index (χ2v) is 8.19. The first kappa shape index (κ1) is 17.1. The monoisotopic (exact) mass is 364 g/mol. The SMILES string of the molecule is Cc1cnc2c(c1)CCc1cnc(-c3cc(C(C)C)c4ccccc4c3)cc1-2. The van der Waals surface area contributed by atoms with Gasteiger partial charge in [-0.2, -0.15) is 0 Å². The number of aromatic nitrogens is 2. The lowest BCUT2D eigenvalue weighted by atomic mass is 9.88. The van der Waals surface area contributed by atoms with Crippen LogP contribution < -0.4 is 0 Å². The van der Waals surface area contributed by atoms with Crippen LogP contribution in [-0.4, -0.2) is 9.97 Å². The number of fused-ring (bicyclic) bond motifs is 4. The van der Waals surface area contributed by atoms with Crippen LogP contribution in [0.3, 0.4) is 0 Å². The molecule has 2 aromatic heterocycles. The molecule has 0 aliphatic heterocycles. The van der Waals surface area contributed by atoms with Gasteiger partial charge in [0.1, 0.15) is 0 Å². The molecule has 0 radical (unpaired) electrons. The van der Waals surface area contributed by atoms with Gasteiger partial charge in [0.2, 0.25) is 0 Å². The van der Waals surface area contributed by atoms with Crippen LogP contribution in [0.15, 0.2) is 60.9 Å². The number of pyridine rings is 2. The average molecular weight is 364 g/mol. The summed E-state index contributed by atoms with van der Waals surface area (Å²) in [6, 6.07) is 17.7. The number of hydrogen-bond acceptors (Lipinski definition) is 2. The summed E-state index contributed by atoms with van der Waals surface area (Å²) in [4.78, 5) is 9.60. The van der Waals surface area contributed by atoms with Crippen molar-refractivity contribution < 1.29 is 0 Å². The van der Waals surface area contributed by atoms with Crippen LogP contribution in [0.25, 0.3) is 33.3 Å². The molecule has 138 valence electrons. The van der Waals surface area contributed by atoms with Gasteiger partial charge >= 0.3 is 0 Å². The first-order valence-electron chi connectivity index (χ1n) is 10.1. The minimum absolute atomic E-state index is 0.466. The topological polar surface area (TPSA) is 25.8 Å². The second kappa shape index (κ2) is 6.56. The maximum atomic E-state index is 4.83. The lowest BCUT2D eigenvalue weighted by Gasteiger charge is -2.20. The normalized spacial score (nSPS) is 12.9. The highest BCUT2D eigenvalue weighted by Crippen LogP contribution is 2.36. The van der Waals surface area contributed by atoms with Crippen molar-refractivity contribution in [2.75, 3.05) is 0 Å². The summed E-state index contributed by atoms with van der Waals surface area (Å²) < 4.78 is 0. The van der Waals surface area contributed by atoms with Gasteiger partial charge in [-0.3, -0.25) is 9.97 Å². The number of benzene rings is 2. The fourth-order valence-corrected chi connectivity index (χ4v) is 4.36. The predicted octanol–water partition coefficient (Wildman–Crippen LogP) is 6.49. The molecule has 0 spiro atoms. The molecule has 0 bridgehead atoms. The molecule has 1 aliphatic rings. The second-order valence-electron chi connectivity index (χ2n) is 8.19. The Bertz CT molecular complexity index is 1200. The third-order valence-electron chi connectivity index (χ3n) is 5.82. The van der Waals surface area contributed by atoms with E-state index < -0.39 is 0 Å². The molecule has 2 aromatic carbocycles. The van der Waals surface area contributed by atoms with Gasteiger partial charge in [0.25, 0.3) is 0 Å². The van der Waals surface area contributed by atoms with Crippen LogP contribution in [-0.2, 0) is 12.8 Å². The molecule has 0 saturated heterocycles. The molecule has 0 amide bonds. The van der Waals surface area contributed by atoms with Crippen LogP contribution in [0, 0.1) is 6.92 Å². The Morgan fingerprint density at radius 3 is 2.54 bits per heavy atom. The molecule has 28 heavy (non-hydrogen) atoms. The van der Waals surface area contributed by atoms with E-state index in [1.54, 1.807) is 0 Å². The van der Waals surface area contributed by atoms with Crippen LogP contribution in [0.4, 0.5) is 0 Å². The highest BCUT2D eigenvalue weighted by molar-refractivity contribution is 5.91. The Labute approximate surface area is 166 Å². The first-order valence-corrected chi connectivity index (χ1v) is 10.1. The largest absolute Gasteiger partial charge is 0.256 e. The van der Waals surface area contributed by atoms with Crippen molar-refractivity contribution >= 4 is 10.8 Å². The first-order chi connectivity index (χ1) is 13.6. The minimum atomic E-state index is 0.466. The van der Waals surface area contributed by atoms with Crippen LogP contribution in [0.2, 0.25) is 0 Å². The van der Waals surface area contributed by atoms with E-state index in [1.807, 2.05) is 6.20 Å². The summed E-state index contributed by atoms with van der Waals surface area (Å²) in [7, 11) is 0. The Kier molecular flexibility index (Phi) is 4.01. The summed E-state index contributed by atoms with van der Waals surface area (Å²) in [5, 5.41) is 2.61. The summed E-state index contributed by atoms with van der Waals surface area (Å²) >= 11 is 0. The third kappa shape index (κ3) is 2.80. The molecular formula is C26H24N2. The van der Waals surface area contributed by atoms with Crippen LogP contribution in [0.1, 0.15) is 42.0 Å². The molecule has 2 heteroatoms. The molecule has 0 fully saturated rings. The van der Waals surface area contributed by atoms with E-state index in [4.69, 9.17) is 9.97 Å². The summed E-state index contributed by atoms with van der Waals surface area (Å²) in [5.74, 6) is 0.466. The van der Waals surface area contributed by atoms with E-state index in [0.29, 0.717) is 5.92 Å². The van der Waals surface area contributed by atoms with Crippen molar-refractivity contribution in [3.63, 3.8) is 0 Å². The van der Waals surface area contributed by atoms with Crippen LogP contribution >= 0.6 is 0 Å². The van der Waals surface area contributed by atoms with Gasteiger partial charge < -0.3 is 0 Å². The molecule has 0 atom stereocenters. The number of rotatable bonds is 2. The van der Waals surface area contributed by atoms with Crippen molar-refractivity contribution in [1.29, 1.82) is 0 Å². The Balaban J connectivity index is 1.70. The zero-order chi connectivity index (χ0) is 19.3. The lowest BCUT2D eigenvalue weighted by molar-refractivity contribution is 0.876. The van der Waals surface area contributed by atoms with Gasteiger partial charge in [0.05, 0.1) is 11.4 Å². The Morgan fingerprint density at radius 2 is 1.68 bits per heavy atom. The smallest absolute Gasteiger partial charge is 0.0738 e. The van der Waals surface area contributed by atoms with Gasteiger partial charge in [-0.15, -0.1) is 0 Å². The average Bonchev–Trinajstić information content (AvgIpc) is 2.72. The Hall–Kier alpha value is -3.00. The fourth-order valence-electron chi connectivity index (χ4n) is 4.36. The zero-order valence-corrected chi connectivity index (χ0v) is 16.7. The fraction of sp³-hybridized carbons (Fsp3) is 0.231. The maximum absolute atomic E-state index is 4.83. The van der Waals surface area contributed by atoms with Crippen molar-refractivity contribution in [1.82, 2.24) is 9.97 Å². The third-order valence-corrected chi connectivity index (χ3v) is 5.82. The van der Waals surface area contributed by atoms with E-state index in [-0.39, 0.29) is 0 Å². The van der Waals surface area contributed by atoms with Crippen molar-refractivity contribution in [2.45, 2.75) is 39.5 Å². The molecular weight excluding hydrogens is 340 g/mol. The van der Waals surface area contributed by atoms with Crippen LogP contribution in [0.5, 0.6) is 0 Å². The van der Waals surface area contributed by atoms with Crippen molar-refractivity contribution in [3.8, 4) is 22.5 Å². The molecule has 0 saturated carbocycles. The zero-order valence-electron chi connectivity index (χ0n) is 16.7. The van der Waals surface area contributed by atoms with Crippen molar-refractivity contribution in [2.24, 2.45) is 0 Å². The van der Waals surface area contributed by atoms with E-state index in [2.05, 4.69) is 75.5 Å². The molecule has 4 aromatic rings. The number of hydrogen-bond donors (Lipinski definition) is 0. The lowest BCUT2D eigenvalue weighted by Crippen LogP contribution is -2.07. The maximum Gasteiger partial charge on any atom is 0.0738 e. The molecule has 5 rings (SSSR count). The standard InChI is InChI=1S/C26H24N2/c1-16(2)23-12-21(11-18-6-4-5-7-22(18)23)25-13-24-20(15-27-25)9-8-19-10-17(3)14-28-26(19)24/h4-7,10-16H,8-9H2,1-3H3. The van der Waals surface area contributed by atoms with Gasteiger partial charge in [-0.25, -0.2) is 0 Å². The van der Waals surface area contributed by atoms with Crippen molar-refractivity contribution in [3.05, 3.63) is 83.2 Å². The summed E-state index contributed by atoms with van der Waals surface area (Å²) in [6.45, 7) is 6.63. The molecule has 2 nitrogen and oxygen atoms in total.